The van der Waals surface area contributed by atoms with Crippen LogP contribution < -0.4 is 9.64 Å². The number of rotatable bonds is 7. The molecule has 7 heteroatoms. The first kappa shape index (κ1) is 23.3. The molecule has 1 atom stereocenters. The number of fused-ring (bicyclic) bond motifs is 1. The first-order valence-electron chi connectivity index (χ1n) is 12.9. The number of nitrogens with zero attached hydrogens (tertiary/aromatic N) is 3. The molecule has 2 N–H and O–H groups in total. The lowest BCUT2D eigenvalue weighted by molar-refractivity contribution is 0.0694. The first-order chi connectivity index (χ1) is 18.1. The van der Waals surface area contributed by atoms with Crippen molar-refractivity contribution in [1.82, 2.24) is 14.9 Å². The van der Waals surface area contributed by atoms with Crippen LogP contribution in [-0.2, 0) is 0 Å². The molecule has 2 aliphatic heterocycles. The number of anilines is 1. The van der Waals surface area contributed by atoms with Crippen molar-refractivity contribution in [2.24, 2.45) is 0 Å². The molecule has 4 aromatic rings. The Balaban J connectivity index is 1.17. The smallest absolute Gasteiger partial charge is 0.339 e. The van der Waals surface area contributed by atoms with Gasteiger partial charge in [0, 0.05) is 49.5 Å². The Kier molecular flexibility index (Phi) is 6.37. The Labute approximate surface area is 216 Å². The summed E-state index contributed by atoms with van der Waals surface area (Å²) in [5, 5.41) is 10.6. The molecule has 1 fully saturated rings. The van der Waals surface area contributed by atoms with Gasteiger partial charge in [0.05, 0.1) is 6.20 Å². The van der Waals surface area contributed by atoms with Crippen LogP contribution in [-0.4, -0.2) is 58.2 Å². The Morgan fingerprint density at radius 3 is 2.81 bits per heavy atom. The summed E-state index contributed by atoms with van der Waals surface area (Å²) >= 11 is 0. The average molecular weight is 495 g/mol. The molecule has 4 heterocycles. The van der Waals surface area contributed by atoms with Crippen LogP contribution in [0.1, 0.15) is 35.2 Å². The Bertz CT molecular complexity index is 1450. The molecular weight excluding hydrogens is 464 g/mol. The maximum atomic E-state index is 11.9. The molecule has 0 bridgehead atoms. The Hall–Kier alpha value is -4.10. The van der Waals surface area contributed by atoms with Crippen LogP contribution in [0.4, 0.5) is 5.69 Å². The highest BCUT2D eigenvalue weighted by Crippen LogP contribution is 2.33. The van der Waals surface area contributed by atoms with Crippen LogP contribution in [0.3, 0.4) is 0 Å². The van der Waals surface area contributed by atoms with Crippen molar-refractivity contribution in [2.75, 3.05) is 31.1 Å². The van der Waals surface area contributed by atoms with E-state index in [0.29, 0.717) is 17.5 Å². The van der Waals surface area contributed by atoms with Crippen molar-refractivity contribution in [1.29, 1.82) is 0 Å². The Morgan fingerprint density at radius 1 is 1.11 bits per heavy atom. The number of benzene rings is 2. The van der Waals surface area contributed by atoms with E-state index in [-0.39, 0.29) is 5.56 Å². The van der Waals surface area contributed by atoms with Crippen molar-refractivity contribution in [3.05, 3.63) is 90.3 Å². The van der Waals surface area contributed by atoms with Gasteiger partial charge in [-0.1, -0.05) is 30.3 Å². The molecular formula is C30H30N4O3. The van der Waals surface area contributed by atoms with E-state index in [1.54, 1.807) is 12.3 Å². The summed E-state index contributed by atoms with van der Waals surface area (Å²) in [5.41, 5.74) is 4.44. The molecule has 0 saturated carbocycles. The van der Waals surface area contributed by atoms with Gasteiger partial charge < -0.3 is 19.7 Å². The standard InChI is InChI=1S/C30H30N4O3/c35-30(36)27-9-8-22(18-28(27)37-26-17-23-10-13-31-29(23)32-19-26)21-11-15-33(16-12-21)20-25-7-4-14-34(25)24-5-2-1-3-6-24/h1-3,5-6,8-11,13,17-19,25H,4,7,12,14-16,20H2,(H,31,32)(H,35,36). The number of aromatic nitrogens is 2. The van der Waals surface area contributed by atoms with Gasteiger partial charge in [-0.3, -0.25) is 4.90 Å². The lowest BCUT2D eigenvalue weighted by Gasteiger charge is -2.33. The van der Waals surface area contributed by atoms with Crippen LogP contribution in [0, 0.1) is 0 Å². The minimum atomic E-state index is -1.01. The highest BCUT2D eigenvalue weighted by atomic mass is 16.5. The van der Waals surface area contributed by atoms with Crippen LogP contribution >= 0.6 is 0 Å². The van der Waals surface area contributed by atoms with Gasteiger partial charge in [-0.05, 0) is 66.8 Å². The fraction of sp³-hybridized carbons (Fsp3) is 0.267. The molecule has 2 aromatic heterocycles. The summed E-state index contributed by atoms with van der Waals surface area (Å²) in [6.07, 6.45) is 9.08. The summed E-state index contributed by atoms with van der Waals surface area (Å²) in [4.78, 5) is 24.4. The Morgan fingerprint density at radius 2 is 2.00 bits per heavy atom. The number of aromatic carboxylic acids is 1. The lowest BCUT2D eigenvalue weighted by Crippen LogP contribution is -2.42. The molecule has 0 spiro atoms. The van der Waals surface area contributed by atoms with E-state index in [2.05, 4.69) is 56.2 Å². The van der Waals surface area contributed by atoms with E-state index in [1.807, 2.05) is 30.5 Å². The van der Waals surface area contributed by atoms with Crippen molar-refractivity contribution in [2.45, 2.75) is 25.3 Å². The first-order valence-corrected chi connectivity index (χ1v) is 12.9. The van der Waals surface area contributed by atoms with Crippen molar-refractivity contribution >= 4 is 28.3 Å². The number of H-pyrrole nitrogens is 1. The van der Waals surface area contributed by atoms with E-state index >= 15 is 0 Å². The zero-order valence-electron chi connectivity index (χ0n) is 20.6. The number of hydrogen-bond donors (Lipinski definition) is 2. The maximum absolute atomic E-state index is 11.9. The molecule has 1 saturated heterocycles. The minimum absolute atomic E-state index is 0.137. The number of ether oxygens (including phenoxy) is 1. The largest absolute Gasteiger partial charge is 0.478 e. The molecule has 0 amide bonds. The van der Waals surface area contributed by atoms with Crippen molar-refractivity contribution < 1.29 is 14.6 Å². The van der Waals surface area contributed by atoms with Gasteiger partial charge in [0.2, 0.25) is 0 Å². The number of carboxylic acid groups (broad SMARTS) is 1. The molecule has 6 rings (SSSR count). The zero-order valence-corrected chi connectivity index (χ0v) is 20.6. The molecule has 188 valence electrons. The molecule has 0 aliphatic carbocycles. The van der Waals surface area contributed by atoms with Gasteiger partial charge in [-0.2, -0.15) is 0 Å². The summed E-state index contributed by atoms with van der Waals surface area (Å²) in [7, 11) is 0. The summed E-state index contributed by atoms with van der Waals surface area (Å²) < 4.78 is 6.04. The third kappa shape index (κ3) is 4.95. The van der Waals surface area contributed by atoms with Gasteiger partial charge >= 0.3 is 5.97 Å². The second-order valence-corrected chi connectivity index (χ2v) is 9.77. The van der Waals surface area contributed by atoms with E-state index in [0.717, 1.165) is 49.2 Å². The number of aromatic amines is 1. The topological polar surface area (TPSA) is 81.7 Å². The predicted octanol–water partition coefficient (Wildman–Crippen LogP) is 5.81. The van der Waals surface area contributed by atoms with Crippen LogP contribution in [0.2, 0.25) is 0 Å². The molecule has 7 nitrogen and oxygen atoms in total. The highest BCUT2D eigenvalue weighted by molar-refractivity contribution is 5.92. The van der Waals surface area contributed by atoms with Gasteiger partial charge in [-0.25, -0.2) is 9.78 Å². The number of carboxylic acids is 1. The summed E-state index contributed by atoms with van der Waals surface area (Å²) in [5.74, 6) is -0.176. The van der Waals surface area contributed by atoms with E-state index in [9.17, 15) is 9.90 Å². The molecule has 1 unspecified atom stereocenters. The van der Waals surface area contributed by atoms with Gasteiger partial charge in [0.25, 0.3) is 0 Å². The van der Waals surface area contributed by atoms with Gasteiger partial charge in [0.15, 0.2) is 0 Å². The zero-order chi connectivity index (χ0) is 25.2. The quantitative estimate of drug-likeness (QED) is 0.337. The molecule has 0 radical (unpaired) electrons. The van der Waals surface area contributed by atoms with Crippen molar-refractivity contribution in [3.63, 3.8) is 0 Å². The minimum Gasteiger partial charge on any atom is -0.478 e. The number of pyridine rings is 1. The third-order valence-corrected chi connectivity index (χ3v) is 7.41. The lowest BCUT2D eigenvalue weighted by atomic mass is 9.97. The molecule has 37 heavy (non-hydrogen) atoms. The van der Waals surface area contributed by atoms with Crippen LogP contribution in [0.25, 0.3) is 16.6 Å². The number of para-hydroxylation sites is 1. The second-order valence-electron chi connectivity index (χ2n) is 9.77. The number of hydrogen-bond acceptors (Lipinski definition) is 5. The normalized spacial score (nSPS) is 18.2. The monoisotopic (exact) mass is 494 g/mol. The van der Waals surface area contributed by atoms with Gasteiger partial charge in [0.1, 0.15) is 22.7 Å². The SMILES string of the molecule is O=C(O)c1ccc(C2=CCN(CC3CCCN3c3ccccc3)CC2)cc1Oc1cnc2[nH]ccc2c1. The van der Waals surface area contributed by atoms with Gasteiger partial charge in [-0.15, -0.1) is 0 Å². The maximum Gasteiger partial charge on any atom is 0.339 e. The summed E-state index contributed by atoms with van der Waals surface area (Å²) in [6.45, 7) is 4.05. The van der Waals surface area contributed by atoms with E-state index in [1.165, 1.54) is 24.1 Å². The second kappa shape index (κ2) is 10.1. The number of nitrogens with one attached hydrogen (secondary N) is 1. The van der Waals surface area contributed by atoms with E-state index in [4.69, 9.17) is 4.74 Å². The van der Waals surface area contributed by atoms with Crippen molar-refractivity contribution in [3.8, 4) is 11.5 Å². The average Bonchev–Trinajstić information content (AvgIpc) is 3.59. The van der Waals surface area contributed by atoms with Crippen LogP contribution in [0.5, 0.6) is 11.5 Å². The third-order valence-electron chi connectivity index (χ3n) is 7.41. The fourth-order valence-corrected chi connectivity index (χ4v) is 5.51. The highest BCUT2D eigenvalue weighted by Gasteiger charge is 2.27. The molecule has 2 aliphatic rings. The number of carbonyl (C=O) groups is 1. The predicted molar refractivity (Wildman–Crippen MR) is 145 cm³/mol. The fourth-order valence-electron chi connectivity index (χ4n) is 5.51. The van der Waals surface area contributed by atoms with E-state index < -0.39 is 5.97 Å². The van der Waals surface area contributed by atoms with Crippen LogP contribution in [0.15, 0.2) is 79.1 Å². The summed E-state index contributed by atoms with van der Waals surface area (Å²) in [6, 6.07) is 20.4. The molecule has 2 aromatic carbocycles.